The van der Waals surface area contributed by atoms with Crippen molar-refractivity contribution >= 4 is 18.6 Å². The van der Waals surface area contributed by atoms with Gasteiger partial charge in [0.15, 0.2) is 0 Å². The van der Waals surface area contributed by atoms with E-state index in [1.807, 2.05) is 0 Å². The lowest BCUT2D eigenvalue weighted by Gasteiger charge is -2.10. The summed E-state index contributed by atoms with van der Waals surface area (Å²) in [5.41, 5.74) is 0.0833. The highest BCUT2D eigenvalue weighted by Gasteiger charge is 2.15. The van der Waals surface area contributed by atoms with Gasteiger partial charge in [-0.05, 0) is 17.7 Å². The molecule has 0 aliphatic heterocycles. The van der Waals surface area contributed by atoms with Crippen molar-refractivity contribution in [3.63, 3.8) is 0 Å². The first kappa shape index (κ1) is 13.3. The summed E-state index contributed by atoms with van der Waals surface area (Å²) in [6.07, 6.45) is -0.362. The summed E-state index contributed by atoms with van der Waals surface area (Å²) in [5.74, 6) is -1.49. The molecule has 0 saturated heterocycles. The number of nitrogens with zero attached hydrogens (tertiary/aromatic N) is 1. The molecule has 0 bridgehead atoms. The van der Waals surface area contributed by atoms with Crippen molar-refractivity contribution in [2.45, 2.75) is 17.9 Å². The Bertz CT molecular complexity index is 485. The average Bonchev–Trinajstić information content (AvgIpc) is 2.14. The molecule has 4 nitrogen and oxygen atoms in total. The molecule has 1 N–H and O–H groups in total. The van der Waals surface area contributed by atoms with E-state index in [1.54, 1.807) is 6.07 Å². The second-order valence-electron chi connectivity index (χ2n) is 3.05. The number of nitriles is 1. The van der Waals surface area contributed by atoms with Gasteiger partial charge in [-0.3, -0.25) is 4.79 Å². The fourth-order valence-electron chi connectivity index (χ4n) is 1.23. The Labute approximate surface area is 101 Å². The molecule has 0 amide bonds. The van der Waals surface area contributed by atoms with Gasteiger partial charge in [-0.15, -0.1) is 12.6 Å². The van der Waals surface area contributed by atoms with Gasteiger partial charge in [-0.2, -0.15) is 14.0 Å². The van der Waals surface area contributed by atoms with E-state index in [2.05, 4.69) is 17.4 Å². The Morgan fingerprint density at radius 3 is 2.71 bits per heavy atom. The first-order valence-electron chi connectivity index (χ1n) is 4.36. The number of halogens is 2. The number of thiol groups is 1. The van der Waals surface area contributed by atoms with Crippen LogP contribution in [0.2, 0.25) is 0 Å². The predicted octanol–water partition coefficient (Wildman–Crippen LogP) is 2.08. The second kappa shape index (κ2) is 5.50. The van der Waals surface area contributed by atoms with Crippen LogP contribution in [0.25, 0.3) is 0 Å². The van der Waals surface area contributed by atoms with Crippen LogP contribution in [0, 0.1) is 11.3 Å². The van der Waals surface area contributed by atoms with Gasteiger partial charge >= 0.3 is 12.6 Å². The quantitative estimate of drug-likeness (QED) is 0.812. The minimum Gasteiger partial charge on any atom is -0.481 e. The first-order chi connectivity index (χ1) is 7.93. The summed E-state index contributed by atoms with van der Waals surface area (Å²) >= 11 is 3.92. The molecular weight excluding hydrogens is 252 g/mol. The van der Waals surface area contributed by atoms with Gasteiger partial charge < -0.3 is 9.84 Å². The topological polar surface area (TPSA) is 70.3 Å². The molecular formula is C10H7F2NO3S. The molecule has 1 rings (SSSR count). The number of hydrogen-bond donors (Lipinski definition) is 2. The number of benzene rings is 1. The lowest BCUT2D eigenvalue weighted by molar-refractivity contribution is -0.136. The molecule has 0 fully saturated rings. The molecule has 0 atom stereocenters. The average molecular weight is 259 g/mol. The van der Waals surface area contributed by atoms with Crippen LogP contribution in [0.5, 0.6) is 5.75 Å². The molecule has 0 aliphatic rings. The van der Waals surface area contributed by atoms with E-state index in [9.17, 15) is 13.6 Å². The van der Waals surface area contributed by atoms with Gasteiger partial charge in [-0.1, -0.05) is 0 Å². The Balaban J connectivity index is 3.19. The van der Waals surface area contributed by atoms with Crippen LogP contribution >= 0.6 is 12.6 Å². The van der Waals surface area contributed by atoms with Crippen LogP contribution in [-0.4, -0.2) is 17.7 Å². The smallest absolute Gasteiger partial charge is 0.387 e. The number of carboxylic acid groups (broad SMARTS) is 1. The molecule has 17 heavy (non-hydrogen) atoms. The van der Waals surface area contributed by atoms with Gasteiger partial charge in [0.1, 0.15) is 17.4 Å². The third kappa shape index (κ3) is 3.60. The predicted molar refractivity (Wildman–Crippen MR) is 56.4 cm³/mol. The van der Waals surface area contributed by atoms with Crippen molar-refractivity contribution in [3.8, 4) is 11.8 Å². The van der Waals surface area contributed by atoms with Gasteiger partial charge in [-0.25, -0.2) is 0 Å². The highest BCUT2D eigenvalue weighted by molar-refractivity contribution is 7.80. The maximum absolute atomic E-state index is 12.1. The molecule has 0 saturated carbocycles. The maximum Gasteiger partial charge on any atom is 0.387 e. The molecule has 0 aromatic heterocycles. The fourth-order valence-corrected chi connectivity index (χ4v) is 1.56. The fraction of sp³-hybridized carbons (Fsp3) is 0.200. The zero-order valence-corrected chi connectivity index (χ0v) is 9.25. The first-order valence-corrected chi connectivity index (χ1v) is 4.81. The molecule has 0 aliphatic carbocycles. The molecule has 0 radical (unpaired) electrons. The van der Waals surface area contributed by atoms with Crippen LogP contribution in [0.15, 0.2) is 17.0 Å². The normalized spacial score (nSPS) is 10.1. The number of aliphatic carboxylic acids is 1. The van der Waals surface area contributed by atoms with Gasteiger partial charge in [0.05, 0.1) is 6.42 Å². The van der Waals surface area contributed by atoms with E-state index in [0.29, 0.717) is 0 Å². The summed E-state index contributed by atoms with van der Waals surface area (Å²) in [6, 6.07) is 4.09. The third-order valence-electron chi connectivity index (χ3n) is 1.82. The number of rotatable bonds is 4. The van der Waals surface area contributed by atoms with Gasteiger partial charge in [0, 0.05) is 4.90 Å². The standard InChI is InChI=1S/C10H7F2NO3S/c11-10(12)16-7-1-5(3-9(14)15)2-8(17)6(7)4-13/h1-2,10,17H,3H2,(H,14,15). The molecule has 0 unspecified atom stereocenters. The van der Waals surface area contributed by atoms with E-state index in [-0.39, 0.29) is 28.2 Å². The summed E-state index contributed by atoms with van der Waals surface area (Å²) in [4.78, 5) is 10.6. The van der Waals surface area contributed by atoms with Crippen LogP contribution in [0.3, 0.4) is 0 Å². The van der Waals surface area contributed by atoms with Crippen molar-refractivity contribution in [1.29, 1.82) is 5.26 Å². The van der Waals surface area contributed by atoms with E-state index in [0.717, 1.165) is 6.07 Å². The summed E-state index contributed by atoms with van der Waals surface area (Å²) < 4.78 is 28.3. The van der Waals surface area contributed by atoms with E-state index in [4.69, 9.17) is 10.4 Å². The number of ether oxygens (including phenoxy) is 1. The lowest BCUT2D eigenvalue weighted by Crippen LogP contribution is -2.06. The number of hydrogen-bond acceptors (Lipinski definition) is 4. The Morgan fingerprint density at radius 1 is 1.59 bits per heavy atom. The van der Waals surface area contributed by atoms with Crippen molar-refractivity contribution in [2.75, 3.05) is 0 Å². The Hall–Kier alpha value is -1.81. The zero-order chi connectivity index (χ0) is 13.0. The second-order valence-corrected chi connectivity index (χ2v) is 3.53. The molecule has 7 heteroatoms. The molecule has 0 spiro atoms. The highest BCUT2D eigenvalue weighted by Crippen LogP contribution is 2.28. The Morgan fingerprint density at radius 2 is 2.24 bits per heavy atom. The van der Waals surface area contributed by atoms with Crippen LogP contribution in [-0.2, 0) is 11.2 Å². The van der Waals surface area contributed by atoms with E-state index >= 15 is 0 Å². The SMILES string of the molecule is N#Cc1c(S)cc(CC(=O)O)cc1OC(F)F. The molecule has 0 heterocycles. The van der Waals surface area contributed by atoms with Crippen LogP contribution in [0.4, 0.5) is 8.78 Å². The minimum absolute atomic E-state index is 0.0990. The van der Waals surface area contributed by atoms with Gasteiger partial charge in [0.25, 0.3) is 0 Å². The van der Waals surface area contributed by atoms with Crippen molar-refractivity contribution in [1.82, 2.24) is 0 Å². The zero-order valence-electron chi connectivity index (χ0n) is 8.35. The highest BCUT2D eigenvalue weighted by atomic mass is 32.1. The largest absolute Gasteiger partial charge is 0.481 e. The summed E-state index contributed by atoms with van der Waals surface area (Å²) in [5, 5.41) is 17.3. The third-order valence-corrected chi connectivity index (χ3v) is 2.18. The van der Waals surface area contributed by atoms with Crippen LogP contribution < -0.4 is 4.74 Å². The number of alkyl halides is 2. The maximum atomic E-state index is 12.1. The Kier molecular flexibility index (Phi) is 4.29. The molecule has 90 valence electrons. The summed E-state index contributed by atoms with van der Waals surface area (Å²) in [6.45, 7) is -3.09. The molecule has 1 aromatic carbocycles. The van der Waals surface area contributed by atoms with Crippen molar-refractivity contribution in [2.24, 2.45) is 0 Å². The van der Waals surface area contributed by atoms with E-state index in [1.165, 1.54) is 6.07 Å². The summed E-state index contributed by atoms with van der Waals surface area (Å²) in [7, 11) is 0. The van der Waals surface area contributed by atoms with Crippen molar-refractivity contribution in [3.05, 3.63) is 23.3 Å². The molecule has 1 aromatic rings. The van der Waals surface area contributed by atoms with Crippen LogP contribution in [0.1, 0.15) is 11.1 Å². The number of carbonyl (C=O) groups is 1. The van der Waals surface area contributed by atoms with E-state index < -0.39 is 12.6 Å². The number of carboxylic acids is 1. The monoisotopic (exact) mass is 259 g/mol. The minimum atomic E-state index is -3.09. The van der Waals surface area contributed by atoms with Crippen molar-refractivity contribution < 1.29 is 23.4 Å². The van der Waals surface area contributed by atoms with Gasteiger partial charge in [0.2, 0.25) is 0 Å². The lowest BCUT2D eigenvalue weighted by atomic mass is 10.1.